The van der Waals surface area contributed by atoms with Gasteiger partial charge in [0.25, 0.3) is 0 Å². The Morgan fingerprint density at radius 2 is 2.28 bits per heavy atom. The minimum Gasteiger partial charge on any atom is -0.490 e. The maximum Gasteiger partial charge on any atom is 0.182 e. The van der Waals surface area contributed by atoms with E-state index in [9.17, 15) is 4.79 Å². The smallest absolute Gasteiger partial charge is 0.182 e. The number of nitrogens with one attached hydrogen (secondary N) is 1. The van der Waals surface area contributed by atoms with Crippen LogP contribution in [0.3, 0.4) is 0 Å². The van der Waals surface area contributed by atoms with Gasteiger partial charge in [0.2, 0.25) is 0 Å². The van der Waals surface area contributed by atoms with Crippen LogP contribution in [0.1, 0.15) is 43.0 Å². The number of carbonyl (C=O) groups excluding carboxylic acids is 1. The number of hydrogen-bond donors (Lipinski definition) is 1. The van der Waals surface area contributed by atoms with Crippen molar-refractivity contribution in [2.45, 2.75) is 44.2 Å². The van der Waals surface area contributed by atoms with Gasteiger partial charge in [0, 0.05) is 5.56 Å². The van der Waals surface area contributed by atoms with Crippen LogP contribution >= 0.6 is 0 Å². The third kappa shape index (κ3) is 2.27. The molecule has 2 aliphatic rings. The van der Waals surface area contributed by atoms with Crippen LogP contribution in [0.4, 0.5) is 0 Å². The van der Waals surface area contributed by atoms with E-state index in [0.29, 0.717) is 6.10 Å². The molecule has 18 heavy (non-hydrogen) atoms. The van der Waals surface area contributed by atoms with Gasteiger partial charge in [-0.2, -0.15) is 0 Å². The van der Waals surface area contributed by atoms with Crippen LogP contribution in [0.5, 0.6) is 5.75 Å². The molecule has 3 heteroatoms. The lowest BCUT2D eigenvalue weighted by molar-refractivity contribution is 0.0884. The lowest BCUT2D eigenvalue weighted by atomic mass is 9.90. The second kappa shape index (κ2) is 4.39. The van der Waals surface area contributed by atoms with Crippen molar-refractivity contribution in [3.63, 3.8) is 0 Å². The number of ether oxygens (including phenoxy) is 1. The molecule has 0 bridgehead atoms. The Kier molecular flexibility index (Phi) is 2.86. The molecule has 2 fully saturated rings. The molecular weight excluding hydrogens is 226 g/mol. The van der Waals surface area contributed by atoms with Crippen molar-refractivity contribution in [3.8, 4) is 5.75 Å². The van der Waals surface area contributed by atoms with Gasteiger partial charge in [-0.25, -0.2) is 0 Å². The van der Waals surface area contributed by atoms with Crippen LogP contribution in [-0.2, 0) is 0 Å². The van der Waals surface area contributed by atoms with Crippen molar-refractivity contribution in [1.82, 2.24) is 5.32 Å². The van der Waals surface area contributed by atoms with E-state index in [1.807, 2.05) is 31.2 Å². The summed E-state index contributed by atoms with van der Waals surface area (Å²) in [5.41, 5.74) is 0.364. The maximum atomic E-state index is 12.5. The van der Waals surface area contributed by atoms with Crippen molar-refractivity contribution < 1.29 is 9.53 Å². The predicted octanol–water partition coefficient (Wildman–Crippen LogP) is 2.55. The Hall–Kier alpha value is -1.35. The average Bonchev–Trinajstić information content (AvgIpc) is 3.08. The molecule has 1 aliphatic heterocycles. The molecule has 96 valence electrons. The topological polar surface area (TPSA) is 38.3 Å². The van der Waals surface area contributed by atoms with Gasteiger partial charge >= 0.3 is 0 Å². The van der Waals surface area contributed by atoms with E-state index < -0.39 is 5.54 Å². The van der Waals surface area contributed by atoms with Crippen molar-refractivity contribution >= 4 is 5.78 Å². The Morgan fingerprint density at radius 1 is 1.44 bits per heavy atom. The Morgan fingerprint density at radius 3 is 2.94 bits per heavy atom. The molecule has 1 aliphatic carbocycles. The normalized spacial score (nSPS) is 27.2. The first-order valence-electron chi connectivity index (χ1n) is 6.74. The van der Waals surface area contributed by atoms with Crippen molar-refractivity contribution in [2.24, 2.45) is 0 Å². The zero-order chi connectivity index (χ0) is 12.6. The highest BCUT2D eigenvalue weighted by Gasteiger charge is 2.36. The summed E-state index contributed by atoms with van der Waals surface area (Å²) in [6.45, 7) is 2.93. The summed E-state index contributed by atoms with van der Waals surface area (Å²) < 4.78 is 5.74. The Labute approximate surface area is 108 Å². The Balaban J connectivity index is 1.79. The lowest BCUT2D eigenvalue weighted by Gasteiger charge is -2.22. The molecule has 3 nitrogen and oxygen atoms in total. The van der Waals surface area contributed by atoms with E-state index in [1.165, 1.54) is 0 Å². The van der Waals surface area contributed by atoms with Gasteiger partial charge in [0.05, 0.1) is 11.6 Å². The molecule has 1 N–H and O–H groups in total. The third-order valence-electron chi connectivity index (χ3n) is 3.79. The number of hydrogen-bond acceptors (Lipinski definition) is 3. The standard InChI is InChI=1S/C15H19NO2/c1-15(8-3-9-16-15)14(17)11-4-2-5-13(10-11)18-12-6-7-12/h2,4-5,10,12,16H,3,6-9H2,1H3. The van der Waals surface area contributed by atoms with Gasteiger partial charge in [0.1, 0.15) is 5.75 Å². The highest BCUT2D eigenvalue weighted by molar-refractivity contribution is 6.03. The number of Topliss-reactive ketones (excluding diaryl/α,β-unsaturated/α-hetero) is 1. The van der Waals surface area contributed by atoms with Crippen LogP contribution in [0.25, 0.3) is 0 Å². The zero-order valence-corrected chi connectivity index (χ0v) is 10.7. The van der Waals surface area contributed by atoms with E-state index in [2.05, 4.69) is 5.32 Å². The molecular formula is C15H19NO2. The van der Waals surface area contributed by atoms with Crippen LogP contribution < -0.4 is 10.1 Å². The third-order valence-corrected chi connectivity index (χ3v) is 3.79. The molecule has 1 heterocycles. The minimum atomic E-state index is -0.391. The molecule has 0 spiro atoms. The van der Waals surface area contributed by atoms with Gasteiger partial charge < -0.3 is 10.1 Å². The fourth-order valence-corrected chi connectivity index (χ4v) is 2.50. The molecule has 1 aromatic rings. The first kappa shape index (κ1) is 11.7. The largest absolute Gasteiger partial charge is 0.490 e. The summed E-state index contributed by atoms with van der Waals surface area (Å²) in [5.74, 6) is 1.01. The minimum absolute atomic E-state index is 0.182. The highest BCUT2D eigenvalue weighted by atomic mass is 16.5. The van der Waals surface area contributed by atoms with E-state index in [4.69, 9.17) is 4.74 Å². The lowest BCUT2D eigenvalue weighted by Crippen LogP contribution is -2.44. The second-order valence-electron chi connectivity index (χ2n) is 5.54. The van der Waals surface area contributed by atoms with Crippen LogP contribution in [0.15, 0.2) is 24.3 Å². The van der Waals surface area contributed by atoms with E-state index in [-0.39, 0.29) is 5.78 Å². The molecule has 3 rings (SSSR count). The number of ketones is 1. The Bertz CT molecular complexity index is 459. The van der Waals surface area contributed by atoms with E-state index in [0.717, 1.165) is 43.5 Å². The molecule has 1 saturated heterocycles. The number of benzene rings is 1. The van der Waals surface area contributed by atoms with Gasteiger partial charge in [-0.05, 0) is 51.3 Å². The van der Waals surface area contributed by atoms with E-state index >= 15 is 0 Å². The van der Waals surface area contributed by atoms with Crippen LogP contribution in [0, 0.1) is 0 Å². The molecule has 0 radical (unpaired) electrons. The summed E-state index contributed by atoms with van der Waals surface area (Å²) in [6.07, 6.45) is 4.63. The molecule has 1 unspecified atom stereocenters. The van der Waals surface area contributed by atoms with Crippen molar-refractivity contribution in [1.29, 1.82) is 0 Å². The summed E-state index contributed by atoms with van der Waals surface area (Å²) in [4.78, 5) is 12.5. The van der Waals surface area contributed by atoms with Crippen molar-refractivity contribution in [2.75, 3.05) is 6.54 Å². The average molecular weight is 245 g/mol. The van der Waals surface area contributed by atoms with Crippen molar-refractivity contribution in [3.05, 3.63) is 29.8 Å². The molecule has 0 amide bonds. The summed E-state index contributed by atoms with van der Waals surface area (Å²) >= 11 is 0. The first-order chi connectivity index (χ1) is 8.67. The number of rotatable bonds is 4. The van der Waals surface area contributed by atoms with Gasteiger partial charge in [-0.1, -0.05) is 12.1 Å². The first-order valence-corrected chi connectivity index (χ1v) is 6.74. The van der Waals surface area contributed by atoms with E-state index in [1.54, 1.807) is 0 Å². The molecule has 1 aromatic carbocycles. The SMILES string of the molecule is CC1(C(=O)c2cccc(OC3CC3)c2)CCCN1. The molecule has 0 aromatic heterocycles. The zero-order valence-electron chi connectivity index (χ0n) is 10.7. The predicted molar refractivity (Wildman–Crippen MR) is 70.1 cm³/mol. The van der Waals surface area contributed by atoms with Crippen LogP contribution in [0.2, 0.25) is 0 Å². The van der Waals surface area contributed by atoms with Gasteiger partial charge in [-0.15, -0.1) is 0 Å². The van der Waals surface area contributed by atoms with Gasteiger partial charge in [-0.3, -0.25) is 4.79 Å². The van der Waals surface area contributed by atoms with Crippen LogP contribution in [-0.4, -0.2) is 24.0 Å². The maximum absolute atomic E-state index is 12.5. The summed E-state index contributed by atoms with van der Waals surface area (Å²) in [5, 5.41) is 3.31. The fourth-order valence-electron chi connectivity index (χ4n) is 2.50. The van der Waals surface area contributed by atoms with Gasteiger partial charge in [0.15, 0.2) is 5.78 Å². The fraction of sp³-hybridized carbons (Fsp3) is 0.533. The monoisotopic (exact) mass is 245 g/mol. The molecule has 1 saturated carbocycles. The second-order valence-corrected chi connectivity index (χ2v) is 5.54. The molecule has 1 atom stereocenters. The quantitative estimate of drug-likeness (QED) is 0.828. The number of carbonyl (C=O) groups is 1. The summed E-state index contributed by atoms with van der Waals surface area (Å²) in [7, 11) is 0. The highest BCUT2D eigenvalue weighted by Crippen LogP contribution is 2.29. The summed E-state index contributed by atoms with van der Waals surface area (Å²) in [6, 6.07) is 7.60.